The van der Waals surface area contributed by atoms with Crippen LogP contribution in [0.2, 0.25) is 0 Å². The molecule has 1 aromatic carbocycles. The molecule has 0 spiro atoms. The van der Waals surface area contributed by atoms with Gasteiger partial charge in [-0.3, -0.25) is 4.79 Å². The molecule has 156 valence electrons. The summed E-state index contributed by atoms with van der Waals surface area (Å²) in [5.41, 5.74) is 1.72. The van der Waals surface area contributed by atoms with E-state index in [4.69, 9.17) is 9.47 Å². The highest BCUT2D eigenvalue weighted by molar-refractivity contribution is 7.18. The fraction of sp³-hybridized carbons (Fsp3) is 0.238. The highest BCUT2D eigenvalue weighted by Gasteiger charge is 2.27. The molecule has 0 aliphatic carbocycles. The summed E-state index contributed by atoms with van der Waals surface area (Å²) in [4.78, 5) is 36.9. The fourth-order valence-electron chi connectivity index (χ4n) is 2.99. The summed E-state index contributed by atoms with van der Waals surface area (Å²) < 4.78 is 13.3. The predicted octanol–water partition coefficient (Wildman–Crippen LogP) is 2.41. The number of methoxy groups -OCH3 is 2. The number of anilines is 1. The van der Waals surface area contributed by atoms with Crippen molar-refractivity contribution in [3.63, 3.8) is 0 Å². The van der Waals surface area contributed by atoms with Crippen molar-refractivity contribution in [2.24, 2.45) is 0 Å². The summed E-state index contributed by atoms with van der Waals surface area (Å²) in [5, 5.41) is 2.97. The Bertz CT molecular complexity index is 1070. The number of aromatic nitrogens is 2. The minimum atomic E-state index is -0.629. The van der Waals surface area contributed by atoms with Crippen LogP contribution in [0.15, 0.2) is 49.1 Å². The normalized spacial score (nSPS) is 10.5. The van der Waals surface area contributed by atoms with Crippen molar-refractivity contribution in [2.75, 3.05) is 19.5 Å². The number of amides is 1. The van der Waals surface area contributed by atoms with E-state index in [0.717, 1.165) is 16.9 Å². The van der Waals surface area contributed by atoms with Crippen LogP contribution < -0.4 is 9.88 Å². The molecule has 0 atom stereocenters. The van der Waals surface area contributed by atoms with Gasteiger partial charge in [-0.2, -0.15) is 0 Å². The summed E-state index contributed by atoms with van der Waals surface area (Å²) in [5.74, 6) is -1.54. The minimum absolute atomic E-state index is 0.0485. The van der Waals surface area contributed by atoms with Crippen LogP contribution in [-0.2, 0) is 27.4 Å². The Morgan fingerprint density at radius 3 is 2.47 bits per heavy atom. The number of nitrogens with zero attached hydrogens (tertiary/aromatic N) is 2. The molecule has 1 N–H and O–H groups in total. The van der Waals surface area contributed by atoms with Crippen LogP contribution in [0.1, 0.15) is 31.2 Å². The van der Waals surface area contributed by atoms with Crippen molar-refractivity contribution in [1.29, 1.82) is 0 Å². The van der Waals surface area contributed by atoms with Crippen molar-refractivity contribution < 1.29 is 28.4 Å². The number of ether oxygens (including phenoxy) is 2. The van der Waals surface area contributed by atoms with Gasteiger partial charge in [-0.05, 0) is 18.1 Å². The Hall–Kier alpha value is -3.46. The molecule has 3 aromatic rings. The SMILES string of the molecule is COC(=O)c1sc(NC(=O)Cn2cc[n+](Cc3ccccc3)c2)c(C(=O)OC)c1C. The lowest BCUT2D eigenvalue weighted by atomic mass is 10.1. The summed E-state index contributed by atoms with van der Waals surface area (Å²) in [6.07, 6.45) is 5.50. The molecule has 2 heterocycles. The van der Waals surface area contributed by atoms with Gasteiger partial charge in [0.25, 0.3) is 5.91 Å². The van der Waals surface area contributed by atoms with Gasteiger partial charge in [-0.1, -0.05) is 30.3 Å². The van der Waals surface area contributed by atoms with Crippen molar-refractivity contribution in [1.82, 2.24) is 4.57 Å². The highest BCUT2D eigenvalue weighted by atomic mass is 32.1. The number of hydrogen-bond donors (Lipinski definition) is 1. The molecule has 2 aromatic heterocycles. The second-order valence-electron chi connectivity index (χ2n) is 6.54. The van der Waals surface area contributed by atoms with Crippen molar-refractivity contribution in [3.8, 4) is 0 Å². The summed E-state index contributed by atoms with van der Waals surface area (Å²) in [6.45, 7) is 2.35. The van der Waals surface area contributed by atoms with Gasteiger partial charge in [0, 0.05) is 0 Å². The van der Waals surface area contributed by atoms with Crippen molar-refractivity contribution in [2.45, 2.75) is 20.0 Å². The molecule has 0 saturated carbocycles. The molecule has 8 nitrogen and oxygen atoms in total. The first-order valence-corrected chi connectivity index (χ1v) is 9.93. The zero-order chi connectivity index (χ0) is 21.7. The highest BCUT2D eigenvalue weighted by Crippen LogP contribution is 2.34. The number of esters is 2. The van der Waals surface area contributed by atoms with Crippen LogP contribution in [0.25, 0.3) is 0 Å². The molecule has 1 amide bonds. The smallest absolute Gasteiger partial charge is 0.348 e. The number of nitrogens with one attached hydrogen (secondary N) is 1. The first-order valence-electron chi connectivity index (χ1n) is 9.11. The Balaban J connectivity index is 1.73. The lowest BCUT2D eigenvalue weighted by Crippen LogP contribution is -2.32. The van der Waals surface area contributed by atoms with Gasteiger partial charge < -0.3 is 14.8 Å². The minimum Gasteiger partial charge on any atom is -0.465 e. The van der Waals surface area contributed by atoms with Crippen molar-refractivity contribution >= 4 is 34.2 Å². The zero-order valence-electron chi connectivity index (χ0n) is 16.9. The van der Waals surface area contributed by atoms with Crippen LogP contribution in [0, 0.1) is 6.92 Å². The van der Waals surface area contributed by atoms with Gasteiger partial charge in [0.15, 0.2) is 6.54 Å². The molecule has 0 saturated heterocycles. The number of thiophene rings is 1. The first-order chi connectivity index (χ1) is 14.4. The third-order valence-electron chi connectivity index (χ3n) is 4.44. The monoisotopic (exact) mass is 428 g/mol. The van der Waals surface area contributed by atoms with E-state index in [1.165, 1.54) is 14.2 Å². The lowest BCUT2D eigenvalue weighted by Gasteiger charge is -2.05. The maximum absolute atomic E-state index is 12.6. The van der Waals surface area contributed by atoms with E-state index >= 15 is 0 Å². The van der Waals surface area contributed by atoms with E-state index < -0.39 is 11.9 Å². The molecule has 3 rings (SSSR count). The summed E-state index contributed by atoms with van der Waals surface area (Å²) in [6, 6.07) is 9.98. The van der Waals surface area contributed by atoms with E-state index in [1.54, 1.807) is 17.7 Å². The molecule has 0 unspecified atom stereocenters. The van der Waals surface area contributed by atoms with E-state index in [2.05, 4.69) is 5.32 Å². The molecular formula is C21H22N3O5S+. The predicted molar refractivity (Wildman–Crippen MR) is 111 cm³/mol. The molecule has 0 bridgehead atoms. The van der Waals surface area contributed by atoms with Crippen LogP contribution in [0.4, 0.5) is 5.00 Å². The average molecular weight is 428 g/mol. The third kappa shape index (κ3) is 4.74. The summed E-state index contributed by atoms with van der Waals surface area (Å²) in [7, 11) is 2.50. The number of carbonyl (C=O) groups is 3. The van der Waals surface area contributed by atoms with Gasteiger partial charge in [-0.15, -0.1) is 11.3 Å². The van der Waals surface area contributed by atoms with E-state index in [0.29, 0.717) is 12.1 Å². The lowest BCUT2D eigenvalue weighted by molar-refractivity contribution is -0.687. The molecule has 9 heteroatoms. The van der Waals surface area contributed by atoms with Gasteiger partial charge in [0.1, 0.15) is 28.8 Å². The Morgan fingerprint density at radius 1 is 1.10 bits per heavy atom. The number of imidazole rings is 1. The number of rotatable bonds is 7. The van der Waals surface area contributed by atoms with Crippen LogP contribution in [0.5, 0.6) is 0 Å². The molecule has 0 radical (unpaired) electrons. The van der Waals surface area contributed by atoms with Gasteiger partial charge in [0.2, 0.25) is 6.33 Å². The quantitative estimate of drug-likeness (QED) is 0.461. The fourth-order valence-corrected chi connectivity index (χ4v) is 4.12. The second-order valence-corrected chi connectivity index (χ2v) is 7.56. The number of hydrogen-bond acceptors (Lipinski definition) is 6. The molecule has 0 aliphatic heterocycles. The molecule has 30 heavy (non-hydrogen) atoms. The first kappa shape index (κ1) is 21.3. The maximum Gasteiger partial charge on any atom is 0.348 e. The average Bonchev–Trinajstić information content (AvgIpc) is 3.31. The Kier molecular flexibility index (Phi) is 6.63. The van der Waals surface area contributed by atoms with Crippen molar-refractivity contribution in [3.05, 3.63) is 70.6 Å². The third-order valence-corrected chi connectivity index (χ3v) is 5.63. The van der Waals surface area contributed by atoms with Crippen LogP contribution >= 0.6 is 11.3 Å². The van der Waals surface area contributed by atoms with Gasteiger partial charge >= 0.3 is 11.9 Å². The van der Waals surface area contributed by atoms with E-state index in [1.807, 2.05) is 47.4 Å². The van der Waals surface area contributed by atoms with Crippen LogP contribution in [-0.4, -0.2) is 36.6 Å². The van der Waals surface area contributed by atoms with Gasteiger partial charge in [-0.25, -0.2) is 18.7 Å². The Labute approximate surface area is 177 Å². The topological polar surface area (TPSA) is 90.5 Å². The standard InChI is InChI=1S/C21H21N3O5S/c1-14-17(20(26)28-2)19(30-18(14)21(27)29-3)22-16(25)12-24-10-9-23(13-24)11-15-7-5-4-6-8-15/h4-10,13H,11-12H2,1-3H3/p+1. The number of carbonyl (C=O) groups excluding carboxylic acids is 3. The Morgan fingerprint density at radius 2 is 1.80 bits per heavy atom. The summed E-state index contributed by atoms with van der Waals surface area (Å²) >= 11 is 0.987. The van der Waals surface area contributed by atoms with Crippen LogP contribution in [0.3, 0.4) is 0 Å². The molecule has 0 fully saturated rings. The molecule has 0 aliphatic rings. The maximum atomic E-state index is 12.6. The largest absolute Gasteiger partial charge is 0.465 e. The number of benzene rings is 1. The zero-order valence-corrected chi connectivity index (χ0v) is 17.7. The second kappa shape index (κ2) is 9.36. The van der Waals surface area contributed by atoms with E-state index in [-0.39, 0.29) is 27.9 Å². The van der Waals surface area contributed by atoms with Gasteiger partial charge in [0.05, 0.1) is 19.8 Å². The molecular weight excluding hydrogens is 406 g/mol. The van der Waals surface area contributed by atoms with E-state index in [9.17, 15) is 14.4 Å².